The molecule has 0 aromatic heterocycles. The van der Waals surface area contributed by atoms with Crippen LogP contribution in [0.25, 0.3) is 0 Å². The first-order valence-electron chi connectivity index (χ1n) is 4.84. The van der Waals surface area contributed by atoms with Gasteiger partial charge in [-0.05, 0) is 19.3 Å². The molecular formula is C7H11F3O3S. The van der Waals surface area contributed by atoms with Crippen LogP contribution in [-0.2, 0) is 14.3 Å². The van der Waals surface area contributed by atoms with Gasteiger partial charge in [0.15, 0.2) is 0 Å². The van der Waals surface area contributed by atoms with Crippen LogP contribution in [0.2, 0.25) is 0 Å². The zero-order valence-corrected chi connectivity index (χ0v) is 8.20. The molecule has 1 fully saturated rings. The fraction of sp³-hybridized carbons (Fsp3) is 1.00. The van der Waals surface area contributed by atoms with Crippen LogP contribution in [0.5, 0.6) is 0 Å². The molecule has 0 heterocycles. The average molecular weight is 234 g/mol. The van der Waals surface area contributed by atoms with Gasteiger partial charge in [0.05, 0.1) is 21.0 Å². The molecule has 1 aliphatic carbocycles. The van der Waals surface area contributed by atoms with Gasteiger partial charge in [0, 0.05) is 0 Å². The number of hydrogen-bond donors (Lipinski definition) is 0. The summed E-state index contributed by atoms with van der Waals surface area (Å²) in [4.78, 5) is 0. The first kappa shape index (κ1) is 8.96. The molecule has 0 aromatic rings. The topological polar surface area (TPSA) is 43.4 Å². The molecule has 1 saturated carbocycles. The highest BCUT2D eigenvalue weighted by atomic mass is 32.2. The first-order chi connectivity index (χ1) is 6.87. The summed E-state index contributed by atoms with van der Waals surface area (Å²) in [5, 5.41) is 0. The van der Waals surface area contributed by atoms with E-state index in [0.717, 1.165) is 0 Å². The van der Waals surface area contributed by atoms with E-state index in [9.17, 15) is 21.6 Å². The van der Waals surface area contributed by atoms with Gasteiger partial charge in [0.25, 0.3) is 10.1 Å². The summed E-state index contributed by atoms with van der Waals surface area (Å²) in [6.07, 6.45) is -5.30. The quantitative estimate of drug-likeness (QED) is 0.695. The number of hydrogen-bond acceptors (Lipinski definition) is 3. The van der Waals surface area contributed by atoms with Crippen molar-refractivity contribution in [3.8, 4) is 0 Å². The third kappa shape index (κ3) is 2.84. The summed E-state index contributed by atoms with van der Waals surface area (Å²) in [5.74, 6) is 0. The lowest BCUT2D eigenvalue weighted by atomic mass is 10.0. The predicted octanol–water partition coefficient (Wildman–Crippen LogP) is 1.70. The Hall–Kier alpha value is -0.300. The van der Waals surface area contributed by atoms with Gasteiger partial charge < -0.3 is 0 Å². The van der Waals surface area contributed by atoms with Crippen LogP contribution in [0.1, 0.15) is 22.0 Å². The fourth-order valence-electron chi connectivity index (χ4n) is 0.986. The SMILES string of the molecule is [2H]C([2H])(CC1(C(F)(F)F)CC1)OS(C)(=O)=O. The molecule has 0 N–H and O–H groups in total. The van der Waals surface area contributed by atoms with Crippen LogP contribution in [0.3, 0.4) is 0 Å². The Morgan fingerprint density at radius 3 is 2.29 bits per heavy atom. The summed E-state index contributed by atoms with van der Waals surface area (Å²) < 4.78 is 77.0. The predicted molar refractivity (Wildman–Crippen MR) is 43.1 cm³/mol. The molecule has 0 amide bonds. The maximum absolute atomic E-state index is 12.5. The molecule has 0 saturated heterocycles. The summed E-state index contributed by atoms with van der Waals surface area (Å²) in [5.41, 5.74) is -2.12. The minimum atomic E-state index is -4.53. The molecule has 14 heavy (non-hydrogen) atoms. The summed E-state index contributed by atoms with van der Waals surface area (Å²) >= 11 is 0. The second-order valence-corrected chi connectivity index (χ2v) is 4.96. The van der Waals surface area contributed by atoms with Gasteiger partial charge in [-0.2, -0.15) is 21.6 Å². The molecule has 0 aromatic carbocycles. The highest BCUT2D eigenvalue weighted by Crippen LogP contribution is 2.59. The minimum absolute atomic E-state index is 0.191. The molecule has 0 atom stereocenters. The van der Waals surface area contributed by atoms with Gasteiger partial charge in [-0.15, -0.1) is 0 Å². The fourth-order valence-corrected chi connectivity index (χ4v) is 1.26. The lowest BCUT2D eigenvalue weighted by Crippen LogP contribution is -2.26. The zero-order valence-electron chi connectivity index (χ0n) is 9.39. The molecule has 1 rings (SSSR count). The van der Waals surface area contributed by atoms with Crippen molar-refractivity contribution >= 4 is 10.1 Å². The van der Waals surface area contributed by atoms with Gasteiger partial charge >= 0.3 is 6.18 Å². The van der Waals surface area contributed by atoms with Crippen molar-refractivity contribution in [1.29, 1.82) is 0 Å². The maximum Gasteiger partial charge on any atom is 0.394 e. The van der Waals surface area contributed by atoms with E-state index < -0.39 is 34.7 Å². The third-order valence-electron chi connectivity index (χ3n) is 2.08. The highest BCUT2D eigenvalue weighted by molar-refractivity contribution is 7.85. The number of alkyl halides is 3. The van der Waals surface area contributed by atoms with Crippen LogP contribution in [0.15, 0.2) is 0 Å². The number of halogens is 3. The molecule has 0 unspecified atom stereocenters. The Labute approximate surface area is 83.2 Å². The minimum Gasteiger partial charge on any atom is -0.270 e. The van der Waals surface area contributed by atoms with Crippen molar-refractivity contribution in [1.82, 2.24) is 0 Å². The van der Waals surface area contributed by atoms with E-state index in [1.165, 1.54) is 0 Å². The molecular weight excluding hydrogens is 221 g/mol. The van der Waals surface area contributed by atoms with Crippen LogP contribution in [0, 0.1) is 5.41 Å². The Morgan fingerprint density at radius 2 is 2.00 bits per heavy atom. The molecule has 1 aliphatic rings. The average Bonchev–Trinajstić information content (AvgIpc) is 2.58. The van der Waals surface area contributed by atoms with Crippen molar-refractivity contribution < 1.29 is 28.5 Å². The van der Waals surface area contributed by atoms with Crippen LogP contribution in [-0.4, -0.2) is 27.4 Å². The van der Waals surface area contributed by atoms with Gasteiger partial charge in [0.1, 0.15) is 0 Å². The Kier molecular flexibility index (Phi) is 2.16. The van der Waals surface area contributed by atoms with Gasteiger partial charge in [-0.1, -0.05) is 0 Å². The van der Waals surface area contributed by atoms with Gasteiger partial charge in [-0.25, -0.2) is 0 Å². The summed E-state index contributed by atoms with van der Waals surface area (Å²) in [6.45, 7) is -2.82. The Morgan fingerprint density at radius 1 is 1.50 bits per heavy atom. The summed E-state index contributed by atoms with van der Waals surface area (Å²) in [6, 6.07) is 0. The molecule has 7 heteroatoms. The van der Waals surface area contributed by atoms with E-state index in [-0.39, 0.29) is 12.8 Å². The lowest BCUT2D eigenvalue weighted by molar-refractivity contribution is -0.190. The van der Waals surface area contributed by atoms with Crippen molar-refractivity contribution in [2.24, 2.45) is 5.41 Å². The van der Waals surface area contributed by atoms with Gasteiger partial charge in [0.2, 0.25) is 0 Å². The Bertz CT molecular complexity index is 373. The van der Waals surface area contributed by atoms with E-state index in [1.54, 1.807) is 0 Å². The van der Waals surface area contributed by atoms with Crippen molar-refractivity contribution in [2.45, 2.75) is 25.4 Å². The van der Waals surface area contributed by atoms with Crippen LogP contribution < -0.4 is 0 Å². The molecule has 0 aliphatic heterocycles. The lowest BCUT2D eigenvalue weighted by Gasteiger charge is -2.18. The van der Waals surface area contributed by atoms with Crippen LogP contribution in [0.4, 0.5) is 13.2 Å². The van der Waals surface area contributed by atoms with Crippen molar-refractivity contribution in [3.63, 3.8) is 0 Å². The summed E-state index contributed by atoms with van der Waals surface area (Å²) in [7, 11) is -4.11. The third-order valence-corrected chi connectivity index (χ3v) is 2.50. The number of rotatable bonds is 4. The normalized spacial score (nSPS) is 24.0. The maximum atomic E-state index is 12.5. The second-order valence-electron chi connectivity index (χ2n) is 3.39. The highest BCUT2D eigenvalue weighted by Gasteiger charge is 2.62. The molecule has 0 bridgehead atoms. The second kappa shape index (κ2) is 3.37. The molecule has 0 spiro atoms. The smallest absolute Gasteiger partial charge is 0.270 e. The van der Waals surface area contributed by atoms with E-state index in [2.05, 4.69) is 4.18 Å². The van der Waals surface area contributed by atoms with E-state index in [1.807, 2.05) is 0 Å². The van der Waals surface area contributed by atoms with E-state index in [0.29, 0.717) is 6.26 Å². The first-order valence-corrected chi connectivity index (χ1v) is 5.66. The van der Waals surface area contributed by atoms with E-state index >= 15 is 0 Å². The molecule has 3 nitrogen and oxygen atoms in total. The molecule has 84 valence electrons. The van der Waals surface area contributed by atoms with Crippen molar-refractivity contribution in [2.75, 3.05) is 12.8 Å². The standard InChI is InChI=1S/C7H11F3O3S/c1-14(11,12)13-5-4-6(2-3-6)7(8,9)10/h2-5H2,1H3/i5D2. The monoisotopic (exact) mass is 234 g/mol. The molecule has 0 radical (unpaired) electrons. The Balaban J connectivity index is 2.74. The van der Waals surface area contributed by atoms with Crippen LogP contribution >= 0.6 is 0 Å². The van der Waals surface area contributed by atoms with E-state index in [4.69, 9.17) is 2.74 Å². The zero-order chi connectivity index (χ0) is 12.8. The van der Waals surface area contributed by atoms with Crippen molar-refractivity contribution in [3.05, 3.63) is 0 Å². The van der Waals surface area contributed by atoms with Gasteiger partial charge in [-0.3, -0.25) is 4.18 Å². The largest absolute Gasteiger partial charge is 0.394 e.